The normalized spacial score (nSPS) is 13.7. The number of nitrogens with one attached hydrogen (secondary N) is 1. The fraction of sp³-hybridized carbons (Fsp3) is 0.583. The third-order valence-corrected chi connectivity index (χ3v) is 4.25. The van der Waals surface area contributed by atoms with Crippen LogP contribution in [0.3, 0.4) is 0 Å². The van der Waals surface area contributed by atoms with Crippen LogP contribution >= 0.6 is 15.9 Å². The molecule has 17 heavy (non-hydrogen) atoms. The number of aryl methyl sites for hydroxylation is 1. The van der Waals surface area contributed by atoms with E-state index in [1.54, 1.807) is 6.20 Å². The van der Waals surface area contributed by atoms with E-state index >= 15 is 0 Å². The van der Waals surface area contributed by atoms with Gasteiger partial charge in [0.25, 0.3) is 0 Å². The van der Waals surface area contributed by atoms with Gasteiger partial charge in [-0.1, -0.05) is 15.9 Å². The van der Waals surface area contributed by atoms with Crippen LogP contribution in [0, 0.1) is 0 Å². The highest BCUT2D eigenvalue weighted by Gasteiger charge is 2.25. The van der Waals surface area contributed by atoms with Gasteiger partial charge in [0.05, 0.1) is 0 Å². The van der Waals surface area contributed by atoms with Crippen molar-refractivity contribution in [2.45, 2.75) is 38.4 Å². The number of halogens is 1. The highest BCUT2D eigenvalue weighted by molar-refractivity contribution is 9.10. The van der Waals surface area contributed by atoms with Crippen LogP contribution in [0.25, 0.3) is 0 Å². The Kier molecular flexibility index (Phi) is 5.92. The van der Waals surface area contributed by atoms with Gasteiger partial charge in [0.15, 0.2) is 0 Å². The molecule has 0 aliphatic carbocycles. The van der Waals surface area contributed by atoms with E-state index in [9.17, 15) is 4.55 Å². The first-order chi connectivity index (χ1) is 7.89. The van der Waals surface area contributed by atoms with Crippen LogP contribution in [-0.4, -0.2) is 20.8 Å². The van der Waals surface area contributed by atoms with Gasteiger partial charge < -0.3 is 4.55 Å². The molecule has 0 radical (unpaired) electrons. The van der Waals surface area contributed by atoms with E-state index < -0.39 is 11.4 Å². The first kappa shape index (κ1) is 15.0. The Balaban J connectivity index is 2.25. The maximum absolute atomic E-state index is 11.7. The van der Waals surface area contributed by atoms with Crippen molar-refractivity contribution in [3.63, 3.8) is 0 Å². The number of pyridine rings is 1. The molecule has 1 aromatic rings. The van der Waals surface area contributed by atoms with Crippen molar-refractivity contribution in [3.05, 3.63) is 28.5 Å². The molecule has 0 amide bonds. The molecule has 1 aromatic heterocycles. The summed E-state index contributed by atoms with van der Waals surface area (Å²) in [6.45, 7) is 6.64. The van der Waals surface area contributed by atoms with Crippen LogP contribution in [-0.2, 0) is 17.8 Å². The Morgan fingerprint density at radius 3 is 2.76 bits per heavy atom. The molecule has 0 aliphatic heterocycles. The van der Waals surface area contributed by atoms with Crippen LogP contribution in [0.1, 0.15) is 32.9 Å². The molecular weight excluding hydrogens is 300 g/mol. The quantitative estimate of drug-likeness (QED) is 0.671. The third-order valence-electron chi connectivity index (χ3n) is 2.18. The van der Waals surface area contributed by atoms with Gasteiger partial charge in [-0.25, -0.2) is 0 Å². The van der Waals surface area contributed by atoms with Crippen molar-refractivity contribution in [1.82, 2.24) is 9.71 Å². The van der Waals surface area contributed by atoms with Crippen LogP contribution in [0.15, 0.2) is 22.8 Å². The zero-order valence-corrected chi connectivity index (χ0v) is 12.9. The molecule has 0 aliphatic rings. The zero-order chi connectivity index (χ0) is 12.9. The zero-order valence-electron chi connectivity index (χ0n) is 10.5. The summed E-state index contributed by atoms with van der Waals surface area (Å²) in [6.07, 6.45) is 3.62. The number of nitrogens with zero attached hydrogens (tertiary/aromatic N) is 1. The Bertz CT molecular complexity index is 355. The maximum atomic E-state index is 11.7. The lowest BCUT2D eigenvalue weighted by atomic mass is 10.2. The summed E-state index contributed by atoms with van der Waals surface area (Å²) in [7, 11) is 0. The number of hydrogen-bond acceptors (Lipinski definition) is 3. The molecule has 0 fully saturated rings. The van der Waals surface area contributed by atoms with Crippen molar-refractivity contribution >= 4 is 27.3 Å². The maximum Gasteiger partial charge on any atom is 0.136 e. The van der Waals surface area contributed by atoms with E-state index in [-0.39, 0.29) is 4.75 Å². The molecular formula is C12H19BrN2OS. The Labute approximate surface area is 115 Å². The third kappa shape index (κ3) is 5.86. The van der Waals surface area contributed by atoms with E-state index in [4.69, 9.17) is 0 Å². The first-order valence-corrected chi connectivity index (χ1v) is 7.59. The summed E-state index contributed by atoms with van der Waals surface area (Å²) < 4.78 is 15.6. The van der Waals surface area contributed by atoms with Crippen LogP contribution in [0.2, 0.25) is 0 Å². The van der Waals surface area contributed by atoms with Crippen molar-refractivity contribution < 1.29 is 4.55 Å². The predicted molar refractivity (Wildman–Crippen MR) is 76.2 cm³/mol. The second-order valence-corrected chi connectivity index (χ2v) is 7.81. The topological polar surface area (TPSA) is 48.0 Å². The highest BCUT2D eigenvalue weighted by atomic mass is 79.9. The molecule has 1 rings (SSSR count). The summed E-state index contributed by atoms with van der Waals surface area (Å²) in [6, 6.07) is 3.93. The van der Waals surface area contributed by atoms with Crippen LogP contribution in [0.5, 0.6) is 0 Å². The first-order valence-electron chi connectivity index (χ1n) is 5.65. The molecule has 3 nitrogen and oxygen atoms in total. The van der Waals surface area contributed by atoms with Gasteiger partial charge in [-0.3, -0.25) is 4.98 Å². The summed E-state index contributed by atoms with van der Waals surface area (Å²) in [4.78, 5) is 4.27. The SMILES string of the molecule is CC(C)(C)[S@+]([O-])NCCCc1cc(Br)ccn1. The van der Waals surface area contributed by atoms with E-state index in [1.807, 2.05) is 32.9 Å². The number of aromatic nitrogens is 1. The van der Waals surface area contributed by atoms with E-state index in [0.29, 0.717) is 0 Å². The molecule has 0 saturated carbocycles. The van der Waals surface area contributed by atoms with Crippen molar-refractivity contribution in [2.75, 3.05) is 6.54 Å². The minimum atomic E-state index is -0.979. The van der Waals surface area contributed by atoms with Crippen molar-refractivity contribution in [1.29, 1.82) is 0 Å². The minimum absolute atomic E-state index is 0.200. The number of rotatable bonds is 5. The monoisotopic (exact) mass is 318 g/mol. The molecule has 5 heteroatoms. The standard InChI is InChI=1S/C12H19BrN2OS/c1-12(2,3)17(16)15-7-4-5-11-9-10(13)6-8-14-11/h6,8-9,15H,4-5,7H2,1-3H3/t17-/m0/s1. The van der Waals surface area contributed by atoms with E-state index in [1.165, 1.54) is 0 Å². The summed E-state index contributed by atoms with van der Waals surface area (Å²) in [5.41, 5.74) is 1.06. The average Bonchev–Trinajstić information content (AvgIpc) is 2.23. The van der Waals surface area contributed by atoms with Gasteiger partial charge in [-0.15, -0.1) is 4.72 Å². The Morgan fingerprint density at radius 2 is 2.18 bits per heavy atom. The lowest BCUT2D eigenvalue weighted by Gasteiger charge is -2.23. The molecule has 0 bridgehead atoms. The van der Waals surface area contributed by atoms with Crippen LogP contribution in [0.4, 0.5) is 0 Å². The smallest absolute Gasteiger partial charge is 0.136 e. The molecule has 96 valence electrons. The minimum Gasteiger partial charge on any atom is -0.598 e. The van der Waals surface area contributed by atoms with Gasteiger partial charge in [0.2, 0.25) is 0 Å². The van der Waals surface area contributed by atoms with Crippen molar-refractivity contribution in [2.24, 2.45) is 0 Å². The molecule has 1 N–H and O–H groups in total. The fourth-order valence-electron chi connectivity index (χ4n) is 1.24. The lowest BCUT2D eigenvalue weighted by molar-refractivity contribution is 0.542. The Hall–Kier alpha value is -0.100. The molecule has 1 atom stereocenters. The van der Waals surface area contributed by atoms with Gasteiger partial charge in [-0.05, 0) is 45.7 Å². The fourth-order valence-corrected chi connectivity index (χ4v) is 2.38. The molecule has 0 spiro atoms. The largest absolute Gasteiger partial charge is 0.598 e. The summed E-state index contributed by atoms with van der Waals surface area (Å²) in [5.74, 6) is 0. The van der Waals surface area contributed by atoms with Gasteiger partial charge in [-0.2, -0.15) is 0 Å². The lowest BCUT2D eigenvalue weighted by Crippen LogP contribution is -2.39. The van der Waals surface area contributed by atoms with Gasteiger partial charge in [0, 0.05) is 34.3 Å². The number of hydrogen-bond donors (Lipinski definition) is 1. The molecule has 0 aromatic carbocycles. The second-order valence-electron chi connectivity index (χ2n) is 4.84. The predicted octanol–water partition coefficient (Wildman–Crippen LogP) is 2.83. The molecule has 0 saturated heterocycles. The van der Waals surface area contributed by atoms with Crippen molar-refractivity contribution in [3.8, 4) is 0 Å². The summed E-state index contributed by atoms with van der Waals surface area (Å²) in [5, 5.41) is 0. The summed E-state index contributed by atoms with van der Waals surface area (Å²) >= 11 is 2.44. The second kappa shape index (κ2) is 6.73. The van der Waals surface area contributed by atoms with E-state index in [2.05, 4.69) is 25.6 Å². The Morgan fingerprint density at radius 1 is 1.47 bits per heavy atom. The van der Waals surface area contributed by atoms with E-state index in [0.717, 1.165) is 29.6 Å². The van der Waals surface area contributed by atoms with Gasteiger partial charge >= 0.3 is 0 Å². The van der Waals surface area contributed by atoms with Gasteiger partial charge in [0.1, 0.15) is 4.75 Å². The molecule has 0 unspecified atom stereocenters. The van der Waals surface area contributed by atoms with Crippen LogP contribution < -0.4 is 4.72 Å². The highest BCUT2D eigenvalue weighted by Crippen LogP contribution is 2.13. The average molecular weight is 319 g/mol. The molecule has 1 heterocycles.